The topological polar surface area (TPSA) is 68.2 Å². The summed E-state index contributed by atoms with van der Waals surface area (Å²) in [5, 5.41) is 15.3. The molecule has 2 unspecified atom stereocenters. The van der Waals surface area contributed by atoms with Crippen LogP contribution >= 0.6 is 0 Å². The summed E-state index contributed by atoms with van der Waals surface area (Å²) >= 11 is 0. The maximum absolute atomic E-state index is 11.2. The van der Waals surface area contributed by atoms with Crippen LogP contribution in [-0.2, 0) is 4.79 Å². The van der Waals surface area contributed by atoms with E-state index >= 15 is 0 Å². The third-order valence-corrected chi connectivity index (χ3v) is 4.14. The maximum atomic E-state index is 11.2. The minimum atomic E-state index is -0.111. The molecule has 0 spiro atoms. The summed E-state index contributed by atoms with van der Waals surface area (Å²) < 4.78 is 0. The van der Waals surface area contributed by atoms with Gasteiger partial charge in [0.15, 0.2) is 0 Å². The number of nitriles is 1. The minimum Gasteiger partial charge on any atom is -0.384 e. The molecule has 2 aliphatic heterocycles. The first kappa shape index (κ1) is 13.7. The number of likely N-dealkylation sites (tertiary alicyclic amines) is 1. The molecular weight excluding hydrogens is 264 g/mol. The van der Waals surface area contributed by atoms with E-state index in [0.717, 1.165) is 25.2 Å². The molecule has 21 heavy (non-hydrogen) atoms. The summed E-state index contributed by atoms with van der Waals surface area (Å²) in [5.41, 5.74) is 2.02. The molecule has 0 aromatic heterocycles. The van der Waals surface area contributed by atoms with Crippen molar-refractivity contribution in [2.24, 2.45) is 5.92 Å². The highest BCUT2D eigenvalue weighted by Gasteiger charge is 2.33. The van der Waals surface area contributed by atoms with Gasteiger partial charge in [0, 0.05) is 31.1 Å². The minimum absolute atomic E-state index is 0.111. The molecule has 3 rings (SSSR count). The molecule has 2 atom stereocenters. The second-order valence-electron chi connectivity index (χ2n) is 5.63. The lowest BCUT2D eigenvalue weighted by molar-refractivity contribution is -0.118. The number of hydrogen-bond acceptors (Lipinski definition) is 4. The zero-order chi connectivity index (χ0) is 14.8. The van der Waals surface area contributed by atoms with Crippen molar-refractivity contribution in [2.45, 2.75) is 12.1 Å². The molecule has 2 N–H and O–H groups in total. The van der Waals surface area contributed by atoms with Crippen LogP contribution in [0.15, 0.2) is 48.2 Å². The largest absolute Gasteiger partial charge is 0.384 e. The Labute approximate surface area is 124 Å². The van der Waals surface area contributed by atoms with Gasteiger partial charge in [-0.15, -0.1) is 0 Å². The first-order valence-corrected chi connectivity index (χ1v) is 7.10. The van der Waals surface area contributed by atoms with Gasteiger partial charge in [0.25, 0.3) is 0 Å². The molecule has 0 aromatic rings. The van der Waals surface area contributed by atoms with Crippen LogP contribution in [0.5, 0.6) is 0 Å². The van der Waals surface area contributed by atoms with Gasteiger partial charge in [0.05, 0.1) is 18.2 Å². The Balaban J connectivity index is 1.53. The van der Waals surface area contributed by atoms with Gasteiger partial charge in [0.1, 0.15) is 0 Å². The number of fused-ring (bicyclic) bond motifs is 1. The average molecular weight is 282 g/mol. The normalized spacial score (nSPS) is 27.6. The lowest BCUT2D eigenvalue weighted by atomic mass is 9.88. The summed E-state index contributed by atoms with van der Waals surface area (Å²) in [4.78, 5) is 13.5. The highest BCUT2D eigenvalue weighted by Crippen LogP contribution is 2.29. The summed E-state index contributed by atoms with van der Waals surface area (Å²) in [7, 11) is 0. The number of carbonyl (C=O) groups excluding carboxylic acids is 1. The quantitative estimate of drug-likeness (QED) is 0.735. The fourth-order valence-electron chi connectivity index (χ4n) is 3.01. The number of allylic oxidation sites excluding steroid dienone is 2. The molecule has 2 heterocycles. The molecule has 0 bridgehead atoms. The number of nitrogens with one attached hydrogen (secondary N) is 2. The molecule has 0 aromatic carbocycles. The number of nitrogens with zero attached hydrogens (tertiary/aromatic N) is 2. The molecule has 3 aliphatic rings. The Morgan fingerprint density at radius 3 is 3.14 bits per heavy atom. The Hall–Kier alpha value is -2.32. The van der Waals surface area contributed by atoms with Gasteiger partial charge in [0.2, 0.25) is 5.91 Å². The first-order valence-electron chi connectivity index (χ1n) is 7.10. The van der Waals surface area contributed by atoms with E-state index in [9.17, 15) is 4.79 Å². The van der Waals surface area contributed by atoms with E-state index in [0.29, 0.717) is 0 Å². The average Bonchev–Trinajstić information content (AvgIpc) is 2.86. The highest BCUT2D eigenvalue weighted by atomic mass is 16.1. The molecule has 5 heteroatoms. The van der Waals surface area contributed by atoms with Crippen LogP contribution < -0.4 is 10.6 Å². The van der Waals surface area contributed by atoms with Crippen molar-refractivity contribution in [3.8, 4) is 6.07 Å². The van der Waals surface area contributed by atoms with E-state index in [1.807, 2.05) is 12.2 Å². The van der Waals surface area contributed by atoms with Gasteiger partial charge in [-0.25, -0.2) is 0 Å². The van der Waals surface area contributed by atoms with E-state index in [2.05, 4.69) is 40.5 Å². The van der Waals surface area contributed by atoms with Crippen LogP contribution in [0.1, 0.15) is 0 Å². The predicted octanol–water partition coefficient (Wildman–Crippen LogP) is 0.464. The van der Waals surface area contributed by atoms with E-state index in [1.165, 1.54) is 11.6 Å². The van der Waals surface area contributed by atoms with E-state index in [1.54, 1.807) is 0 Å². The Morgan fingerprint density at radius 1 is 1.62 bits per heavy atom. The summed E-state index contributed by atoms with van der Waals surface area (Å²) in [6.07, 6.45) is 9.32. The van der Waals surface area contributed by atoms with Crippen molar-refractivity contribution in [1.29, 1.82) is 5.26 Å². The predicted molar refractivity (Wildman–Crippen MR) is 79.9 cm³/mol. The van der Waals surface area contributed by atoms with Crippen LogP contribution in [0.4, 0.5) is 0 Å². The fraction of sp³-hybridized carbons (Fsp3) is 0.375. The molecular formula is C16H18N4O. The second-order valence-corrected chi connectivity index (χ2v) is 5.63. The number of carbonyl (C=O) groups is 1. The smallest absolute Gasteiger partial charge is 0.243 e. The molecule has 1 aliphatic carbocycles. The molecule has 1 saturated heterocycles. The Kier molecular flexibility index (Phi) is 3.63. The summed E-state index contributed by atoms with van der Waals surface area (Å²) in [6, 6.07) is 2.70. The lowest BCUT2D eigenvalue weighted by Crippen LogP contribution is -2.59. The van der Waals surface area contributed by atoms with Crippen LogP contribution in [0.2, 0.25) is 0 Å². The van der Waals surface area contributed by atoms with Gasteiger partial charge in [-0.1, -0.05) is 18.7 Å². The maximum Gasteiger partial charge on any atom is 0.243 e. The molecule has 5 nitrogen and oxygen atoms in total. The Bertz CT molecular complexity index is 590. The zero-order valence-corrected chi connectivity index (χ0v) is 11.7. The molecule has 1 amide bonds. The Morgan fingerprint density at radius 2 is 2.43 bits per heavy atom. The van der Waals surface area contributed by atoms with Crippen molar-refractivity contribution in [2.75, 3.05) is 19.6 Å². The molecule has 0 saturated carbocycles. The van der Waals surface area contributed by atoms with Gasteiger partial charge < -0.3 is 10.6 Å². The second kappa shape index (κ2) is 5.58. The fourth-order valence-corrected chi connectivity index (χ4v) is 3.01. The van der Waals surface area contributed by atoms with Gasteiger partial charge in [-0.3, -0.25) is 9.69 Å². The highest BCUT2D eigenvalue weighted by molar-refractivity contribution is 5.87. The summed E-state index contributed by atoms with van der Waals surface area (Å²) in [6.45, 7) is 6.05. The van der Waals surface area contributed by atoms with Crippen LogP contribution in [0, 0.1) is 17.2 Å². The SMILES string of the molecule is C=CC(=O)NC1CN(CC2=CNC3C=CC(C#N)=CC23)C1. The van der Waals surface area contributed by atoms with Crippen LogP contribution in [0.25, 0.3) is 0 Å². The third kappa shape index (κ3) is 2.76. The van der Waals surface area contributed by atoms with Gasteiger partial charge in [-0.05, 0) is 23.9 Å². The number of rotatable bonds is 4. The van der Waals surface area contributed by atoms with Crippen LogP contribution in [-0.4, -0.2) is 42.5 Å². The molecule has 108 valence electrons. The monoisotopic (exact) mass is 282 g/mol. The standard InChI is InChI=1S/C16H18N4O/c1-2-16(21)19-13-9-20(10-13)8-12-7-18-15-4-3-11(6-17)5-14(12)15/h2-5,7,13-15,18H,1,8-10H2,(H,19,21). The van der Waals surface area contributed by atoms with Crippen molar-refractivity contribution in [3.05, 3.63) is 48.2 Å². The van der Waals surface area contributed by atoms with Crippen LogP contribution in [0.3, 0.4) is 0 Å². The summed E-state index contributed by atoms with van der Waals surface area (Å²) in [5.74, 6) is 0.159. The van der Waals surface area contributed by atoms with Gasteiger partial charge in [-0.2, -0.15) is 5.26 Å². The van der Waals surface area contributed by atoms with E-state index < -0.39 is 0 Å². The lowest BCUT2D eigenvalue weighted by Gasteiger charge is -2.40. The molecule has 1 fully saturated rings. The van der Waals surface area contributed by atoms with Crippen molar-refractivity contribution in [3.63, 3.8) is 0 Å². The van der Waals surface area contributed by atoms with E-state index in [-0.39, 0.29) is 23.9 Å². The number of amides is 1. The zero-order valence-electron chi connectivity index (χ0n) is 11.7. The van der Waals surface area contributed by atoms with Gasteiger partial charge >= 0.3 is 0 Å². The number of hydrogen-bond donors (Lipinski definition) is 2. The molecule has 0 radical (unpaired) electrons. The van der Waals surface area contributed by atoms with E-state index in [4.69, 9.17) is 5.26 Å². The van der Waals surface area contributed by atoms with Crippen molar-refractivity contribution < 1.29 is 4.79 Å². The van der Waals surface area contributed by atoms with Crippen molar-refractivity contribution in [1.82, 2.24) is 15.5 Å². The van der Waals surface area contributed by atoms with Crippen molar-refractivity contribution >= 4 is 5.91 Å². The third-order valence-electron chi connectivity index (χ3n) is 4.14. The first-order chi connectivity index (χ1) is 10.2.